The lowest BCUT2D eigenvalue weighted by molar-refractivity contribution is 0.0954. The highest BCUT2D eigenvalue weighted by atomic mass is 79.9. The van der Waals surface area contributed by atoms with Crippen molar-refractivity contribution in [3.05, 3.63) is 37.2 Å². The molecule has 0 atom stereocenters. The second-order valence-electron chi connectivity index (χ2n) is 3.55. The van der Waals surface area contributed by atoms with Gasteiger partial charge in [-0.25, -0.2) is 0 Å². The van der Waals surface area contributed by atoms with Crippen LogP contribution in [0.5, 0.6) is 0 Å². The molecule has 0 fully saturated rings. The van der Waals surface area contributed by atoms with Crippen molar-refractivity contribution in [3.63, 3.8) is 0 Å². The van der Waals surface area contributed by atoms with Crippen molar-refractivity contribution in [1.29, 1.82) is 0 Å². The molecular formula is C11H11Br2N3OS. The van der Waals surface area contributed by atoms with E-state index >= 15 is 0 Å². The minimum atomic E-state index is -0.0738. The molecule has 0 aromatic carbocycles. The van der Waals surface area contributed by atoms with Crippen LogP contribution in [0.15, 0.2) is 26.6 Å². The number of hydrogen-bond donors (Lipinski definition) is 1. The maximum absolute atomic E-state index is 11.9. The van der Waals surface area contributed by atoms with Crippen LogP contribution < -0.4 is 5.32 Å². The molecule has 1 amide bonds. The zero-order chi connectivity index (χ0) is 13.1. The van der Waals surface area contributed by atoms with Gasteiger partial charge in [0.25, 0.3) is 5.91 Å². The Labute approximate surface area is 126 Å². The van der Waals surface area contributed by atoms with Gasteiger partial charge in [0.15, 0.2) is 0 Å². The maximum Gasteiger partial charge on any atom is 0.261 e. The third-order valence-corrected chi connectivity index (χ3v) is 5.66. The van der Waals surface area contributed by atoms with E-state index in [0.29, 0.717) is 11.4 Å². The van der Waals surface area contributed by atoms with Crippen LogP contribution in [0.3, 0.4) is 0 Å². The molecule has 0 unspecified atom stereocenters. The number of carbonyl (C=O) groups excluding carboxylic acids is 1. The lowest BCUT2D eigenvalue weighted by Crippen LogP contribution is -2.23. The topological polar surface area (TPSA) is 46.9 Å². The van der Waals surface area contributed by atoms with Gasteiger partial charge >= 0.3 is 0 Å². The molecule has 0 aliphatic heterocycles. The average molecular weight is 393 g/mol. The van der Waals surface area contributed by atoms with E-state index in [4.69, 9.17) is 0 Å². The average Bonchev–Trinajstić information content (AvgIpc) is 2.93. The summed E-state index contributed by atoms with van der Waals surface area (Å²) in [5, 5.41) is 7.04. The largest absolute Gasteiger partial charge is 0.346 e. The first-order chi connectivity index (χ1) is 8.61. The number of rotatable bonds is 4. The van der Waals surface area contributed by atoms with Crippen molar-refractivity contribution in [2.24, 2.45) is 0 Å². The Hall–Kier alpha value is -0.660. The van der Waals surface area contributed by atoms with Gasteiger partial charge in [0.2, 0.25) is 0 Å². The van der Waals surface area contributed by atoms with Crippen molar-refractivity contribution in [2.75, 3.05) is 0 Å². The van der Waals surface area contributed by atoms with Crippen molar-refractivity contribution >= 4 is 49.1 Å². The Kier molecular flexibility index (Phi) is 4.58. The molecule has 7 heteroatoms. The standard InChI is InChI=1S/C11H11Br2N3OS/c1-2-16-7(3-4-15-16)6-14-11(17)9-5-8(12)10(13)18-9/h3-5H,2,6H2,1H3,(H,14,17). The molecule has 0 bridgehead atoms. The third-order valence-electron chi connectivity index (χ3n) is 2.40. The molecule has 0 saturated carbocycles. The fraction of sp³-hybridized carbons (Fsp3) is 0.273. The van der Waals surface area contributed by atoms with E-state index in [1.165, 1.54) is 11.3 Å². The summed E-state index contributed by atoms with van der Waals surface area (Å²) in [7, 11) is 0. The summed E-state index contributed by atoms with van der Waals surface area (Å²) in [6, 6.07) is 3.71. The van der Waals surface area contributed by atoms with Crippen LogP contribution in [0.1, 0.15) is 22.3 Å². The third kappa shape index (κ3) is 3.02. The summed E-state index contributed by atoms with van der Waals surface area (Å²) in [4.78, 5) is 12.6. The summed E-state index contributed by atoms with van der Waals surface area (Å²) >= 11 is 8.15. The lowest BCUT2D eigenvalue weighted by Gasteiger charge is -2.05. The second kappa shape index (κ2) is 5.99. The lowest BCUT2D eigenvalue weighted by atomic mass is 10.4. The predicted molar refractivity (Wildman–Crippen MR) is 78.8 cm³/mol. The zero-order valence-electron chi connectivity index (χ0n) is 9.61. The van der Waals surface area contributed by atoms with Crippen LogP contribution in [-0.2, 0) is 13.1 Å². The molecule has 1 N–H and O–H groups in total. The van der Waals surface area contributed by atoms with Gasteiger partial charge in [0.1, 0.15) is 0 Å². The highest BCUT2D eigenvalue weighted by Crippen LogP contribution is 2.32. The molecule has 18 heavy (non-hydrogen) atoms. The first-order valence-corrected chi connectivity index (χ1v) is 7.75. The van der Waals surface area contributed by atoms with E-state index in [1.54, 1.807) is 12.3 Å². The summed E-state index contributed by atoms with van der Waals surface area (Å²) < 4.78 is 3.68. The van der Waals surface area contributed by atoms with E-state index in [2.05, 4.69) is 42.3 Å². The molecule has 0 spiro atoms. The summed E-state index contributed by atoms with van der Waals surface area (Å²) in [5.41, 5.74) is 1.00. The van der Waals surface area contributed by atoms with Gasteiger partial charge in [0, 0.05) is 17.2 Å². The Balaban J connectivity index is 2.00. The predicted octanol–water partition coefficient (Wildman–Crippen LogP) is 3.42. The molecule has 4 nitrogen and oxygen atoms in total. The van der Waals surface area contributed by atoms with Crippen molar-refractivity contribution in [2.45, 2.75) is 20.0 Å². The van der Waals surface area contributed by atoms with Crippen molar-refractivity contribution in [1.82, 2.24) is 15.1 Å². The van der Waals surface area contributed by atoms with Crippen LogP contribution in [-0.4, -0.2) is 15.7 Å². The molecule has 0 aliphatic carbocycles. The SMILES string of the molecule is CCn1nccc1CNC(=O)c1cc(Br)c(Br)s1. The van der Waals surface area contributed by atoms with Gasteiger partial charge in [0.05, 0.1) is 20.9 Å². The zero-order valence-corrected chi connectivity index (χ0v) is 13.6. The Bertz CT molecular complexity index is 545. The fourth-order valence-corrected chi connectivity index (χ4v) is 3.46. The summed E-state index contributed by atoms with van der Waals surface area (Å²) in [6.07, 6.45) is 1.74. The van der Waals surface area contributed by atoms with Crippen molar-refractivity contribution < 1.29 is 4.79 Å². The first-order valence-electron chi connectivity index (χ1n) is 5.35. The number of aryl methyl sites for hydroxylation is 1. The molecule has 0 radical (unpaired) electrons. The van der Waals surface area contributed by atoms with Gasteiger partial charge < -0.3 is 5.32 Å². The van der Waals surface area contributed by atoms with Gasteiger partial charge in [-0.2, -0.15) is 5.10 Å². The number of thiophene rings is 1. The molecule has 2 aromatic rings. The molecule has 2 rings (SSSR count). The number of amides is 1. The number of hydrogen-bond acceptors (Lipinski definition) is 3. The number of aromatic nitrogens is 2. The van der Waals surface area contributed by atoms with Gasteiger partial charge in [-0.1, -0.05) is 0 Å². The second-order valence-corrected chi connectivity index (χ2v) is 6.78. The van der Waals surface area contributed by atoms with Crippen LogP contribution >= 0.6 is 43.2 Å². The van der Waals surface area contributed by atoms with Crippen molar-refractivity contribution in [3.8, 4) is 0 Å². The van der Waals surface area contributed by atoms with E-state index in [-0.39, 0.29) is 5.91 Å². The normalized spacial score (nSPS) is 10.6. The monoisotopic (exact) mass is 391 g/mol. The van der Waals surface area contributed by atoms with E-state index in [9.17, 15) is 4.79 Å². The molecule has 96 valence electrons. The summed E-state index contributed by atoms with van der Waals surface area (Å²) in [6.45, 7) is 3.31. The number of nitrogens with one attached hydrogen (secondary N) is 1. The molecule has 2 aromatic heterocycles. The Morgan fingerprint density at radius 2 is 2.33 bits per heavy atom. The minimum Gasteiger partial charge on any atom is -0.346 e. The highest BCUT2D eigenvalue weighted by molar-refractivity contribution is 9.13. The van der Waals surface area contributed by atoms with Crippen LogP contribution in [0.4, 0.5) is 0 Å². The molecule has 2 heterocycles. The quantitative estimate of drug-likeness (QED) is 0.866. The van der Waals surface area contributed by atoms with Gasteiger partial charge in [-0.3, -0.25) is 9.48 Å². The minimum absolute atomic E-state index is 0.0738. The summed E-state index contributed by atoms with van der Waals surface area (Å²) in [5.74, 6) is -0.0738. The van der Waals surface area contributed by atoms with Crippen LogP contribution in [0.2, 0.25) is 0 Å². The Morgan fingerprint density at radius 1 is 1.56 bits per heavy atom. The smallest absolute Gasteiger partial charge is 0.261 e. The number of carbonyl (C=O) groups is 1. The first kappa shape index (κ1) is 13.8. The van der Waals surface area contributed by atoms with Crippen LogP contribution in [0.25, 0.3) is 0 Å². The van der Waals surface area contributed by atoms with E-state index in [0.717, 1.165) is 20.5 Å². The Morgan fingerprint density at radius 3 is 2.94 bits per heavy atom. The van der Waals surface area contributed by atoms with Crippen LogP contribution in [0, 0.1) is 0 Å². The molecule has 0 saturated heterocycles. The van der Waals surface area contributed by atoms with Gasteiger partial charge in [-0.15, -0.1) is 11.3 Å². The van der Waals surface area contributed by atoms with Gasteiger partial charge in [-0.05, 0) is 50.9 Å². The highest BCUT2D eigenvalue weighted by Gasteiger charge is 2.12. The van der Waals surface area contributed by atoms with E-state index < -0.39 is 0 Å². The maximum atomic E-state index is 11.9. The number of nitrogens with zero attached hydrogens (tertiary/aromatic N) is 2. The fourth-order valence-electron chi connectivity index (χ4n) is 1.51. The number of halogens is 2. The van der Waals surface area contributed by atoms with E-state index in [1.807, 2.05) is 17.7 Å². The molecule has 0 aliphatic rings. The molecular weight excluding hydrogens is 382 g/mol.